The minimum atomic E-state index is -3.70. The van der Waals surface area contributed by atoms with Gasteiger partial charge >= 0.3 is 0 Å². The number of Topliss-reactive ketones (excluding diaryl/α,β-unsaturated/α-hetero) is 3. The molecule has 24 heavy (non-hydrogen) atoms. The Morgan fingerprint density at radius 1 is 1.29 bits per heavy atom. The molecular formula is C15H13NO7S. The molecule has 2 fully saturated rings. The Hall–Kier alpha value is -2.42. The minimum absolute atomic E-state index is 0.00311. The summed E-state index contributed by atoms with van der Waals surface area (Å²) in [6.07, 6.45) is 1.58. The molecule has 0 amide bonds. The molecule has 3 rings (SSSR count). The third-order valence-electron chi connectivity index (χ3n) is 4.48. The molecule has 0 spiro atoms. The summed E-state index contributed by atoms with van der Waals surface area (Å²) in [5.41, 5.74) is -1.14. The van der Waals surface area contributed by atoms with Crippen LogP contribution in [0.25, 0.3) is 0 Å². The molecule has 2 aliphatic rings. The molecule has 0 saturated heterocycles. The van der Waals surface area contributed by atoms with Crippen LogP contribution in [0.1, 0.15) is 23.2 Å². The summed E-state index contributed by atoms with van der Waals surface area (Å²) < 4.78 is 23.1. The van der Waals surface area contributed by atoms with E-state index < -0.39 is 49.3 Å². The van der Waals surface area contributed by atoms with Gasteiger partial charge in [0.15, 0.2) is 27.2 Å². The summed E-state index contributed by atoms with van der Waals surface area (Å²) in [5.74, 6) is -3.77. The number of carbonyl (C=O) groups is 3. The van der Waals surface area contributed by atoms with Crippen LogP contribution >= 0.6 is 0 Å². The number of sulfone groups is 1. The summed E-state index contributed by atoms with van der Waals surface area (Å²) in [6, 6.07) is 2.84. The van der Waals surface area contributed by atoms with Gasteiger partial charge in [0.25, 0.3) is 5.69 Å². The van der Waals surface area contributed by atoms with Crippen molar-refractivity contribution in [2.75, 3.05) is 6.26 Å². The van der Waals surface area contributed by atoms with Gasteiger partial charge in [-0.3, -0.25) is 24.5 Å². The first kappa shape index (κ1) is 16.4. The van der Waals surface area contributed by atoms with Crippen LogP contribution in [-0.4, -0.2) is 36.9 Å². The number of ketones is 3. The highest BCUT2D eigenvalue weighted by Crippen LogP contribution is 2.48. The number of hydrogen-bond donors (Lipinski definition) is 0. The lowest BCUT2D eigenvalue weighted by Crippen LogP contribution is -2.37. The largest absolute Gasteiger partial charge is 0.298 e. The minimum Gasteiger partial charge on any atom is -0.298 e. The summed E-state index contributed by atoms with van der Waals surface area (Å²) in [5, 5.41) is 11.2. The lowest BCUT2D eigenvalue weighted by Gasteiger charge is -2.17. The van der Waals surface area contributed by atoms with E-state index in [0.29, 0.717) is 6.42 Å². The maximum atomic E-state index is 12.6. The Morgan fingerprint density at radius 2 is 1.96 bits per heavy atom. The molecule has 0 aliphatic heterocycles. The number of carbonyl (C=O) groups excluding carboxylic acids is 3. The van der Waals surface area contributed by atoms with Crippen molar-refractivity contribution >= 4 is 32.9 Å². The highest BCUT2D eigenvalue weighted by atomic mass is 32.2. The van der Waals surface area contributed by atoms with Gasteiger partial charge in [0.2, 0.25) is 0 Å². The van der Waals surface area contributed by atoms with E-state index in [9.17, 15) is 32.9 Å². The normalized spacial score (nSPS) is 26.0. The van der Waals surface area contributed by atoms with Gasteiger partial charge in [-0.1, -0.05) is 0 Å². The molecule has 1 aromatic carbocycles. The summed E-state index contributed by atoms with van der Waals surface area (Å²) >= 11 is 0. The van der Waals surface area contributed by atoms with Crippen LogP contribution in [-0.2, 0) is 19.4 Å². The number of nitro benzene ring substituents is 1. The first-order valence-corrected chi connectivity index (χ1v) is 9.09. The molecule has 3 atom stereocenters. The first-order chi connectivity index (χ1) is 11.1. The van der Waals surface area contributed by atoms with E-state index in [-0.39, 0.29) is 23.2 Å². The van der Waals surface area contributed by atoms with E-state index in [1.54, 1.807) is 0 Å². The van der Waals surface area contributed by atoms with E-state index in [4.69, 9.17) is 0 Å². The smallest absolute Gasteiger partial charge is 0.281 e. The molecule has 0 heterocycles. The Labute approximate surface area is 136 Å². The van der Waals surface area contributed by atoms with Crippen LogP contribution in [0, 0.1) is 27.9 Å². The fourth-order valence-electron chi connectivity index (χ4n) is 3.10. The van der Waals surface area contributed by atoms with Crippen molar-refractivity contribution in [1.29, 1.82) is 0 Å². The SMILES string of the molecule is CS(=O)(=O)c1ccc(C(=O)C2C(=O)C[C@H]3C[C@H]3C2=O)c([N+](=O)[O-])c1. The van der Waals surface area contributed by atoms with Crippen molar-refractivity contribution in [3.63, 3.8) is 0 Å². The monoisotopic (exact) mass is 351 g/mol. The maximum absolute atomic E-state index is 12.6. The standard InChI is InChI=1S/C15H13NO7S/c1-24(22,23)8-2-3-9(11(6-8)16(20)21)14(18)13-12(17)5-7-4-10(7)15(13)19/h2-3,6-7,10,13H,4-5H2,1H3/t7-,10-,13?/m1/s1. The number of nitrogens with zero attached hydrogens (tertiary/aromatic N) is 1. The molecule has 2 aliphatic carbocycles. The van der Waals surface area contributed by atoms with Gasteiger partial charge in [0, 0.05) is 24.7 Å². The van der Waals surface area contributed by atoms with Gasteiger partial charge in [-0.25, -0.2) is 8.42 Å². The van der Waals surface area contributed by atoms with Crippen LogP contribution in [0.5, 0.6) is 0 Å². The maximum Gasteiger partial charge on any atom is 0.281 e. The first-order valence-electron chi connectivity index (χ1n) is 7.20. The van der Waals surface area contributed by atoms with Crippen LogP contribution < -0.4 is 0 Å². The van der Waals surface area contributed by atoms with E-state index in [1.807, 2.05) is 0 Å². The lowest BCUT2D eigenvalue weighted by atomic mass is 9.81. The Balaban J connectivity index is 2.05. The van der Waals surface area contributed by atoms with E-state index in [1.165, 1.54) is 0 Å². The van der Waals surface area contributed by atoms with Gasteiger partial charge in [0.1, 0.15) is 5.92 Å². The zero-order chi connectivity index (χ0) is 17.8. The summed E-state index contributed by atoms with van der Waals surface area (Å²) in [7, 11) is -3.70. The Kier molecular flexibility index (Phi) is 3.63. The van der Waals surface area contributed by atoms with Gasteiger partial charge in [-0.2, -0.15) is 0 Å². The lowest BCUT2D eigenvalue weighted by molar-refractivity contribution is -0.385. The van der Waals surface area contributed by atoms with Gasteiger partial charge in [0.05, 0.1) is 15.4 Å². The van der Waals surface area contributed by atoms with E-state index >= 15 is 0 Å². The van der Waals surface area contributed by atoms with Crippen molar-refractivity contribution in [1.82, 2.24) is 0 Å². The van der Waals surface area contributed by atoms with Gasteiger partial charge in [-0.15, -0.1) is 0 Å². The molecule has 0 radical (unpaired) electrons. The zero-order valence-corrected chi connectivity index (χ0v) is 13.4. The Bertz CT molecular complexity index is 902. The molecule has 0 bridgehead atoms. The van der Waals surface area contributed by atoms with Gasteiger partial charge < -0.3 is 0 Å². The molecule has 2 saturated carbocycles. The van der Waals surface area contributed by atoms with Crippen molar-refractivity contribution in [3.8, 4) is 0 Å². The van der Waals surface area contributed by atoms with E-state index in [0.717, 1.165) is 24.5 Å². The number of hydrogen-bond acceptors (Lipinski definition) is 7. The second-order valence-electron chi connectivity index (χ2n) is 6.18. The predicted octanol–water partition coefficient (Wildman–Crippen LogP) is 0.975. The molecule has 8 nitrogen and oxygen atoms in total. The number of rotatable bonds is 4. The van der Waals surface area contributed by atoms with Crippen LogP contribution in [0.15, 0.2) is 23.1 Å². The molecule has 0 aromatic heterocycles. The van der Waals surface area contributed by atoms with Crippen molar-refractivity contribution in [2.24, 2.45) is 17.8 Å². The second kappa shape index (κ2) is 5.30. The van der Waals surface area contributed by atoms with E-state index in [2.05, 4.69) is 0 Å². The molecule has 9 heteroatoms. The molecule has 126 valence electrons. The van der Waals surface area contributed by atoms with Crippen LogP contribution in [0.4, 0.5) is 5.69 Å². The zero-order valence-electron chi connectivity index (χ0n) is 12.6. The predicted molar refractivity (Wildman–Crippen MR) is 80.3 cm³/mol. The highest BCUT2D eigenvalue weighted by molar-refractivity contribution is 7.90. The fourth-order valence-corrected chi connectivity index (χ4v) is 3.74. The highest BCUT2D eigenvalue weighted by Gasteiger charge is 2.55. The third-order valence-corrected chi connectivity index (χ3v) is 5.59. The summed E-state index contributed by atoms with van der Waals surface area (Å²) in [4.78, 5) is 46.8. The summed E-state index contributed by atoms with van der Waals surface area (Å²) in [6.45, 7) is 0. The molecule has 1 unspecified atom stereocenters. The number of benzene rings is 1. The van der Waals surface area contributed by atoms with Crippen molar-refractivity contribution in [2.45, 2.75) is 17.7 Å². The number of fused-ring (bicyclic) bond motifs is 1. The average Bonchev–Trinajstić information content (AvgIpc) is 3.25. The second-order valence-corrected chi connectivity index (χ2v) is 8.20. The average molecular weight is 351 g/mol. The molecule has 0 N–H and O–H groups in total. The number of nitro groups is 1. The molecular weight excluding hydrogens is 338 g/mol. The third kappa shape index (κ3) is 2.64. The van der Waals surface area contributed by atoms with Crippen molar-refractivity contribution < 1.29 is 27.7 Å². The van der Waals surface area contributed by atoms with Crippen LogP contribution in [0.2, 0.25) is 0 Å². The van der Waals surface area contributed by atoms with Crippen LogP contribution in [0.3, 0.4) is 0 Å². The topological polar surface area (TPSA) is 128 Å². The molecule has 1 aromatic rings. The Morgan fingerprint density at radius 3 is 2.54 bits per heavy atom. The quantitative estimate of drug-likeness (QED) is 0.342. The van der Waals surface area contributed by atoms with Crippen molar-refractivity contribution in [3.05, 3.63) is 33.9 Å². The van der Waals surface area contributed by atoms with Gasteiger partial charge in [-0.05, 0) is 24.5 Å². The fraction of sp³-hybridized carbons (Fsp3) is 0.400.